The van der Waals surface area contributed by atoms with Gasteiger partial charge < -0.3 is 20.1 Å². The van der Waals surface area contributed by atoms with Gasteiger partial charge in [0.25, 0.3) is 6.43 Å². The van der Waals surface area contributed by atoms with E-state index in [1.807, 2.05) is 31.5 Å². The number of hydrogen-bond donors (Lipinski definition) is 1. The van der Waals surface area contributed by atoms with Gasteiger partial charge in [-0.15, -0.1) is 0 Å². The third-order valence-corrected chi connectivity index (χ3v) is 5.29. The molecule has 0 bridgehead atoms. The highest BCUT2D eigenvalue weighted by atomic mass is 19.3. The number of pyridine rings is 1. The van der Waals surface area contributed by atoms with E-state index in [1.54, 1.807) is 4.90 Å². The van der Waals surface area contributed by atoms with Crippen molar-refractivity contribution in [2.75, 3.05) is 25.4 Å². The van der Waals surface area contributed by atoms with E-state index >= 15 is 0 Å². The van der Waals surface area contributed by atoms with Gasteiger partial charge in [0.05, 0.1) is 36.6 Å². The number of amides is 1. The van der Waals surface area contributed by atoms with Gasteiger partial charge in [0.1, 0.15) is 17.0 Å². The van der Waals surface area contributed by atoms with E-state index in [0.717, 1.165) is 5.69 Å². The summed E-state index contributed by atoms with van der Waals surface area (Å²) in [6, 6.07) is 3.14. The Hall–Kier alpha value is -2.75. The van der Waals surface area contributed by atoms with Crippen LogP contribution in [-0.2, 0) is 21.6 Å². The Morgan fingerprint density at radius 2 is 2.10 bits per heavy atom. The Balaban J connectivity index is 1.63. The number of likely N-dealkylation sites (tertiary alicyclic amines) is 1. The van der Waals surface area contributed by atoms with E-state index in [-0.39, 0.29) is 17.5 Å². The van der Waals surface area contributed by atoms with Crippen LogP contribution in [0.4, 0.5) is 19.4 Å². The molecule has 1 amide bonds. The van der Waals surface area contributed by atoms with Crippen molar-refractivity contribution >= 4 is 11.9 Å². The number of hydrogen-bond acceptors (Lipinski definition) is 6. The highest BCUT2D eigenvalue weighted by Gasteiger charge is 2.47. The predicted molar refractivity (Wildman–Crippen MR) is 105 cm³/mol. The van der Waals surface area contributed by atoms with E-state index in [4.69, 9.17) is 15.2 Å². The molecule has 1 spiro atoms. The number of ether oxygens (including phenoxy) is 2. The first-order chi connectivity index (χ1) is 14.1. The summed E-state index contributed by atoms with van der Waals surface area (Å²) in [5.41, 5.74) is 5.74. The number of rotatable bonds is 2. The lowest BCUT2D eigenvalue weighted by Gasteiger charge is -2.34. The SMILES string of the molecule is CC(C)(C)OC(=O)N1CC[C@]2(C1)OCCn1nc(-c3cnc(N)c(C(F)F)c3)cc12. The molecule has 2 aromatic heterocycles. The van der Waals surface area contributed by atoms with Gasteiger partial charge in [-0.2, -0.15) is 5.10 Å². The number of halogens is 2. The van der Waals surface area contributed by atoms with Crippen LogP contribution in [0.5, 0.6) is 0 Å². The number of anilines is 1. The van der Waals surface area contributed by atoms with Gasteiger partial charge in [0.2, 0.25) is 0 Å². The van der Waals surface area contributed by atoms with E-state index in [9.17, 15) is 13.6 Å². The fourth-order valence-electron chi connectivity index (χ4n) is 3.89. The summed E-state index contributed by atoms with van der Waals surface area (Å²) in [6.45, 7) is 7.28. The third kappa shape index (κ3) is 3.71. The summed E-state index contributed by atoms with van der Waals surface area (Å²) >= 11 is 0. The van der Waals surface area contributed by atoms with Crippen molar-refractivity contribution in [1.82, 2.24) is 19.7 Å². The lowest BCUT2D eigenvalue weighted by atomic mass is 9.96. The molecule has 1 atom stereocenters. The maximum Gasteiger partial charge on any atom is 0.410 e. The Bertz CT molecular complexity index is 972. The summed E-state index contributed by atoms with van der Waals surface area (Å²) in [4.78, 5) is 18.0. The first-order valence-electron chi connectivity index (χ1n) is 9.82. The van der Waals surface area contributed by atoms with Gasteiger partial charge in [-0.05, 0) is 32.9 Å². The fourth-order valence-corrected chi connectivity index (χ4v) is 3.89. The average molecular weight is 421 g/mol. The molecule has 2 N–H and O–H groups in total. The summed E-state index contributed by atoms with van der Waals surface area (Å²) < 4.78 is 39.9. The van der Waals surface area contributed by atoms with Crippen LogP contribution in [0.15, 0.2) is 18.3 Å². The molecule has 0 saturated carbocycles. The third-order valence-electron chi connectivity index (χ3n) is 5.29. The predicted octanol–water partition coefficient (Wildman–Crippen LogP) is 3.33. The zero-order chi connectivity index (χ0) is 21.7. The Morgan fingerprint density at radius 3 is 2.80 bits per heavy atom. The van der Waals surface area contributed by atoms with Crippen LogP contribution in [0.1, 0.15) is 44.9 Å². The summed E-state index contributed by atoms with van der Waals surface area (Å²) in [6.07, 6.45) is -1.07. The first-order valence-corrected chi connectivity index (χ1v) is 9.82. The number of fused-ring (bicyclic) bond motifs is 2. The quantitative estimate of drug-likeness (QED) is 0.799. The molecule has 2 aliphatic rings. The number of carbonyl (C=O) groups excluding carboxylic acids is 1. The van der Waals surface area contributed by atoms with Gasteiger partial charge in [-0.25, -0.2) is 18.6 Å². The van der Waals surface area contributed by atoms with Crippen LogP contribution >= 0.6 is 0 Å². The highest BCUT2D eigenvalue weighted by molar-refractivity contribution is 5.69. The van der Waals surface area contributed by atoms with Gasteiger partial charge in [-0.1, -0.05) is 0 Å². The standard InChI is InChI=1S/C20H25F2N5O3/c1-19(2,3)30-18(28)26-5-4-20(11-26)15-9-14(25-27(15)6-7-29-20)12-8-13(16(21)22)17(23)24-10-12/h8-10,16H,4-7,11H2,1-3H3,(H2,23,24)/t20-/m1/s1. The second-order valence-corrected chi connectivity index (χ2v) is 8.63. The molecular formula is C20H25F2N5O3. The van der Waals surface area contributed by atoms with Crippen molar-refractivity contribution in [1.29, 1.82) is 0 Å². The average Bonchev–Trinajstić information content (AvgIpc) is 3.27. The summed E-state index contributed by atoms with van der Waals surface area (Å²) in [5.74, 6) is -0.193. The molecule has 2 aromatic rings. The highest BCUT2D eigenvalue weighted by Crippen LogP contribution is 2.40. The molecule has 162 valence electrons. The number of carbonyl (C=O) groups is 1. The maximum absolute atomic E-state index is 13.2. The van der Waals surface area contributed by atoms with Crippen molar-refractivity contribution in [2.24, 2.45) is 0 Å². The van der Waals surface area contributed by atoms with E-state index < -0.39 is 17.6 Å². The van der Waals surface area contributed by atoms with Gasteiger partial charge in [0.15, 0.2) is 0 Å². The Kier molecular flexibility index (Phi) is 4.92. The topological polar surface area (TPSA) is 95.5 Å². The maximum atomic E-state index is 13.2. The smallest absolute Gasteiger partial charge is 0.410 e. The molecular weight excluding hydrogens is 396 g/mol. The fraction of sp³-hybridized carbons (Fsp3) is 0.550. The van der Waals surface area contributed by atoms with Crippen molar-refractivity contribution in [3.8, 4) is 11.3 Å². The molecule has 8 nitrogen and oxygen atoms in total. The first kappa shape index (κ1) is 20.5. The monoisotopic (exact) mass is 421 g/mol. The molecule has 4 heterocycles. The number of nitrogen functional groups attached to an aromatic ring is 1. The number of aromatic nitrogens is 3. The second-order valence-electron chi connectivity index (χ2n) is 8.63. The minimum Gasteiger partial charge on any atom is -0.444 e. The molecule has 1 fully saturated rings. The molecule has 4 rings (SSSR count). The zero-order valence-electron chi connectivity index (χ0n) is 17.2. The van der Waals surface area contributed by atoms with Gasteiger partial charge >= 0.3 is 6.09 Å². The van der Waals surface area contributed by atoms with Crippen molar-refractivity contribution in [3.05, 3.63) is 29.6 Å². The minimum atomic E-state index is -2.72. The molecule has 0 unspecified atom stereocenters. The largest absolute Gasteiger partial charge is 0.444 e. The summed E-state index contributed by atoms with van der Waals surface area (Å²) in [7, 11) is 0. The number of alkyl halides is 2. The van der Waals surface area contributed by atoms with E-state index in [1.165, 1.54) is 12.3 Å². The molecule has 2 aliphatic heterocycles. The second kappa shape index (κ2) is 7.19. The summed E-state index contributed by atoms with van der Waals surface area (Å²) in [5, 5.41) is 4.58. The lowest BCUT2D eigenvalue weighted by Crippen LogP contribution is -2.43. The van der Waals surface area contributed by atoms with Crippen molar-refractivity contribution in [3.63, 3.8) is 0 Å². The van der Waals surface area contributed by atoms with Gasteiger partial charge in [-0.3, -0.25) is 4.68 Å². The zero-order valence-corrected chi connectivity index (χ0v) is 17.2. The van der Waals surface area contributed by atoms with Crippen LogP contribution in [0.3, 0.4) is 0 Å². The Morgan fingerprint density at radius 1 is 1.33 bits per heavy atom. The number of nitrogens with zero attached hydrogens (tertiary/aromatic N) is 4. The van der Waals surface area contributed by atoms with Gasteiger partial charge in [0, 0.05) is 24.7 Å². The lowest BCUT2D eigenvalue weighted by molar-refractivity contribution is -0.0727. The molecule has 10 heteroatoms. The molecule has 0 aromatic carbocycles. The van der Waals surface area contributed by atoms with Crippen LogP contribution in [0.2, 0.25) is 0 Å². The normalized spacial score (nSPS) is 21.3. The van der Waals surface area contributed by atoms with Crippen molar-refractivity contribution < 1.29 is 23.0 Å². The molecule has 30 heavy (non-hydrogen) atoms. The number of nitrogens with two attached hydrogens (primary N) is 1. The minimum absolute atomic E-state index is 0.193. The van der Waals surface area contributed by atoms with Crippen LogP contribution in [0.25, 0.3) is 11.3 Å². The van der Waals surface area contributed by atoms with E-state index in [0.29, 0.717) is 43.9 Å². The molecule has 0 radical (unpaired) electrons. The molecule has 0 aliphatic carbocycles. The Labute approximate surface area is 173 Å². The van der Waals surface area contributed by atoms with E-state index in [2.05, 4.69) is 10.1 Å². The van der Waals surface area contributed by atoms with Crippen molar-refractivity contribution in [2.45, 2.75) is 51.4 Å². The van der Waals surface area contributed by atoms with Crippen LogP contribution in [0, 0.1) is 0 Å². The molecule has 1 saturated heterocycles. The van der Waals surface area contributed by atoms with Crippen LogP contribution < -0.4 is 5.73 Å². The van der Waals surface area contributed by atoms with Crippen LogP contribution in [-0.4, -0.2) is 51.1 Å².